The van der Waals surface area contributed by atoms with Crippen LogP contribution >= 0.6 is 0 Å². The Kier molecular flexibility index (Phi) is 15.8. The third-order valence-corrected chi connectivity index (χ3v) is 3.45. The molecule has 0 bridgehead atoms. The molecule has 0 aliphatic heterocycles. The number of ether oxygens (including phenoxy) is 3. The van der Waals surface area contributed by atoms with Gasteiger partial charge in [-0.3, -0.25) is 0 Å². The maximum atomic E-state index is 5.50. The van der Waals surface area contributed by atoms with Crippen molar-refractivity contribution in [3.63, 3.8) is 0 Å². The molecule has 116 valence electrons. The molecule has 3 nitrogen and oxygen atoms in total. The van der Waals surface area contributed by atoms with Gasteiger partial charge in [0.05, 0.1) is 25.9 Å². The van der Waals surface area contributed by atoms with Crippen molar-refractivity contribution in [3.05, 3.63) is 0 Å². The largest absolute Gasteiger partial charge is 0.382 e. The lowest BCUT2D eigenvalue weighted by molar-refractivity contribution is -0.0113. The predicted molar refractivity (Wildman–Crippen MR) is 80.7 cm³/mol. The van der Waals surface area contributed by atoms with E-state index in [1.165, 1.54) is 51.4 Å². The topological polar surface area (TPSA) is 27.7 Å². The van der Waals surface area contributed by atoms with Crippen LogP contribution in [-0.4, -0.2) is 40.1 Å². The molecule has 0 radical (unpaired) electrons. The summed E-state index contributed by atoms with van der Waals surface area (Å²) in [5.74, 6) is 0. The van der Waals surface area contributed by atoms with E-state index in [4.69, 9.17) is 14.2 Å². The highest BCUT2D eigenvalue weighted by Crippen LogP contribution is 2.11. The Morgan fingerprint density at radius 3 is 2.00 bits per heavy atom. The maximum absolute atomic E-state index is 5.50. The van der Waals surface area contributed by atoms with Crippen molar-refractivity contribution < 1.29 is 14.2 Å². The van der Waals surface area contributed by atoms with Gasteiger partial charge >= 0.3 is 0 Å². The molecule has 0 rings (SSSR count). The normalized spacial score (nSPS) is 12.8. The third-order valence-electron chi connectivity index (χ3n) is 3.45. The maximum Gasteiger partial charge on any atom is 0.0804 e. The Balaban J connectivity index is 3.26. The van der Waals surface area contributed by atoms with E-state index in [1.807, 2.05) is 0 Å². The molecule has 0 spiro atoms. The molecule has 3 heteroatoms. The summed E-state index contributed by atoms with van der Waals surface area (Å²) >= 11 is 0. The van der Waals surface area contributed by atoms with E-state index in [9.17, 15) is 0 Å². The van der Waals surface area contributed by atoms with E-state index in [0.717, 1.165) is 6.42 Å². The molecule has 0 aromatic carbocycles. The van der Waals surface area contributed by atoms with Crippen LogP contribution in [0.5, 0.6) is 0 Å². The molecule has 0 aliphatic rings. The van der Waals surface area contributed by atoms with Crippen LogP contribution in [0.15, 0.2) is 0 Å². The number of unbranched alkanes of at least 4 members (excludes halogenated alkanes) is 7. The van der Waals surface area contributed by atoms with Crippen molar-refractivity contribution in [1.82, 2.24) is 0 Å². The van der Waals surface area contributed by atoms with Crippen LogP contribution in [0.3, 0.4) is 0 Å². The summed E-state index contributed by atoms with van der Waals surface area (Å²) in [5, 5.41) is 0. The molecule has 1 atom stereocenters. The second kappa shape index (κ2) is 15.9. The summed E-state index contributed by atoms with van der Waals surface area (Å²) in [7, 11) is 3.47. The Morgan fingerprint density at radius 1 is 0.789 bits per heavy atom. The lowest BCUT2D eigenvalue weighted by Gasteiger charge is -2.15. The minimum absolute atomic E-state index is 0.247. The van der Waals surface area contributed by atoms with Gasteiger partial charge < -0.3 is 14.2 Å². The van der Waals surface area contributed by atoms with Gasteiger partial charge in [0.25, 0.3) is 0 Å². The van der Waals surface area contributed by atoms with Gasteiger partial charge in [0.1, 0.15) is 0 Å². The van der Waals surface area contributed by atoms with Crippen molar-refractivity contribution in [2.45, 2.75) is 70.8 Å². The molecular weight excluding hydrogens is 240 g/mol. The molecule has 0 saturated heterocycles. The molecule has 0 aromatic heterocycles. The summed E-state index contributed by atoms with van der Waals surface area (Å²) < 4.78 is 15.9. The molecule has 0 amide bonds. The van der Waals surface area contributed by atoms with Crippen molar-refractivity contribution in [2.24, 2.45) is 0 Å². The van der Waals surface area contributed by atoms with Crippen molar-refractivity contribution >= 4 is 0 Å². The SMILES string of the molecule is CCCCCCCCCCC(COCCOC)OC. The van der Waals surface area contributed by atoms with Gasteiger partial charge in [0.2, 0.25) is 0 Å². The minimum Gasteiger partial charge on any atom is -0.382 e. The van der Waals surface area contributed by atoms with Gasteiger partial charge in [-0.15, -0.1) is 0 Å². The fraction of sp³-hybridized carbons (Fsp3) is 1.00. The predicted octanol–water partition coefficient (Wildman–Crippen LogP) is 4.20. The van der Waals surface area contributed by atoms with Crippen molar-refractivity contribution in [1.29, 1.82) is 0 Å². The average Bonchev–Trinajstić information content (AvgIpc) is 2.44. The summed E-state index contributed by atoms with van der Waals surface area (Å²) in [5.41, 5.74) is 0. The summed E-state index contributed by atoms with van der Waals surface area (Å²) in [6.07, 6.45) is 12.2. The van der Waals surface area contributed by atoms with E-state index in [1.54, 1.807) is 14.2 Å². The monoisotopic (exact) mass is 274 g/mol. The highest BCUT2D eigenvalue weighted by atomic mass is 16.5. The molecule has 1 unspecified atom stereocenters. The van der Waals surface area contributed by atoms with Gasteiger partial charge in [0, 0.05) is 14.2 Å². The van der Waals surface area contributed by atoms with Crippen molar-refractivity contribution in [3.8, 4) is 0 Å². The molecular formula is C16H34O3. The van der Waals surface area contributed by atoms with Crippen LogP contribution in [-0.2, 0) is 14.2 Å². The van der Waals surface area contributed by atoms with Gasteiger partial charge in [-0.2, -0.15) is 0 Å². The van der Waals surface area contributed by atoms with Crippen molar-refractivity contribution in [2.75, 3.05) is 34.0 Å². The Bertz CT molecular complexity index is 162. The second-order valence-electron chi connectivity index (χ2n) is 5.19. The first-order valence-electron chi connectivity index (χ1n) is 7.94. The smallest absolute Gasteiger partial charge is 0.0804 e. The van der Waals surface area contributed by atoms with E-state index in [0.29, 0.717) is 19.8 Å². The summed E-state index contributed by atoms with van der Waals surface area (Å²) in [6, 6.07) is 0. The zero-order valence-electron chi connectivity index (χ0n) is 13.3. The van der Waals surface area contributed by atoms with E-state index in [2.05, 4.69) is 6.92 Å². The first kappa shape index (κ1) is 18.9. The highest BCUT2D eigenvalue weighted by molar-refractivity contribution is 4.57. The standard InChI is InChI=1S/C16H34O3/c1-4-5-6-7-8-9-10-11-12-16(18-3)15-19-14-13-17-2/h16H,4-15H2,1-3H3. The lowest BCUT2D eigenvalue weighted by Crippen LogP contribution is -2.19. The van der Waals surface area contributed by atoms with Gasteiger partial charge in [0.15, 0.2) is 0 Å². The Labute approximate surface area is 120 Å². The van der Waals surface area contributed by atoms with Gasteiger partial charge in [-0.25, -0.2) is 0 Å². The van der Waals surface area contributed by atoms with Crippen LogP contribution < -0.4 is 0 Å². The van der Waals surface area contributed by atoms with Crippen LogP contribution in [0.4, 0.5) is 0 Å². The number of hydrogen-bond acceptors (Lipinski definition) is 3. The van der Waals surface area contributed by atoms with E-state index < -0.39 is 0 Å². The molecule has 0 aliphatic carbocycles. The molecule has 0 saturated carbocycles. The molecule has 0 fully saturated rings. The number of hydrogen-bond donors (Lipinski definition) is 0. The lowest BCUT2D eigenvalue weighted by atomic mass is 10.1. The summed E-state index contributed by atoms with van der Waals surface area (Å²) in [4.78, 5) is 0. The second-order valence-corrected chi connectivity index (χ2v) is 5.19. The molecule has 0 N–H and O–H groups in total. The van der Waals surface area contributed by atoms with Crippen LogP contribution in [0.1, 0.15) is 64.7 Å². The fourth-order valence-corrected chi connectivity index (χ4v) is 2.13. The van der Waals surface area contributed by atoms with Crippen LogP contribution in [0.25, 0.3) is 0 Å². The first-order chi connectivity index (χ1) is 9.35. The minimum atomic E-state index is 0.247. The van der Waals surface area contributed by atoms with Gasteiger partial charge in [-0.1, -0.05) is 58.3 Å². The Hall–Kier alpha value is -0.120. The van der Waals surface area contributed by atoms with Gasteiger partial charge in [-0.05, 0) is 6.42 Å². The van der Waals surface area contributed by atoms with Crippen LogP contribution in [0, 0.1) is 0 Å². The summed E-state index contributed by atoms with van der Waals surface area (Å²) in [6.45, 7) is 4.28. The zero-order valence-corrected chi connectivity index (χ0v) is 13.3. The Morgan fingerprint density at radius 2 is 1.42 bits per heavy atom. The van der Waals surface area contributed by atoms with E-state index >= 15 is 0 Å². The fourth-order valence-electron chi connectivity index (χ4n) is 2.13. The molecule has 0 heterocycles. The zero-order chi connectivity index (χ0) is 14.2. The van der Waals surface area contributed by atoms with Crippen LogP contribution in [0.2, 0.25) is 0 Å². The average molecular weight is 274 g/mol. The quantitative estimate of drug-likeness (QED) is 0.419. The first-order valence-corrected chi connectivity index (χ1v) is 7.94. The number of rotatable bonds is 15. The number of methoxy groups -OCH3 is 2. The van der Waals surface area contributed by atoms with E-state index in [-0.39, 0.29) is 6.10 Å². The molecule has 19 heavy (non-hydrogen) atoms. The third kappa shape index (κ3) is 14.1. The molecule has 0 aromatic rings. The highest BCUT2D eigenvalue weighted by Gasteiger charge is 2.06.